The average molecular weight is 279 g/mol. The van der Waals surface area contributed by atoms with Crippen molar-refractivity contribution in [1.82, 2.24) is 5.43 Å². The van der Waals surface area contributed by atoms with Gasteiger partial charge in [0, 0.05) is 17.1 Å². The molecule has 0 heterocycles. The summed E-state index contributed by atoms with van der Waals surface area (Å²) in [6.07, 6.45) is 1.62. The zero-order valence-corrected chi connectivity index (χ0v) is 10.3. The molecule has 0 aromatic heterocycles. The van der Waals surface area contributed by atoms with E-state index in [0.717, 1.165) is 20.8 Å². The molecule has 82 valence electrons. The van der Waals surface area contributed by atoms with E-state index in [1.807, 2.05) is 24.3 Å². The largest absolute Gasteiger partial charge is 0.507 e. The van der Waals surface area contributed by atoms with Gasteiger partial charge in [0.2, 0.25) is 0 Å². The number of phenolic OH excluding ortho intramolecular Hbond substituents is 1. The van der Waals surface area contributed by atoms with Crippen molar-refractivity contribution < 1.29 is 5.11 Å². The Kier molecular flexibility index (Phi) is 3.10. The highest BCUT2D eigenvalue weighted by Crippen LogP contribution is 2.27. The number of aromatic hydroxyl groups is 1. The molecule has 16 heavy (non-hydrogen) atoms. The van der Waals surface area contributed by atoms with E-state index >= 15 is 0 Å². The first kappa shape index (κ1) is 11.0. The molecule has 0 saturated carbocycles. The zero-order valence-electron chi connectivity index (χ0n) is 8.74. The number of fused-ring (bicyclic) bond motifs is 1. The standard InChI is InChI=1S/C12H11BrN2O/c1-14-15-7-11-10-4-3-9(13)6-8(10)2-5-12(11)16/h2-7,14,16H,1H3/b15-7+. The summed E-state index contributed by atoms with van der Waals surface area (Å²) in [6.45, 7) is 0. The molecule has 2 N–H and O–H groups in total. The van der Waals surface area contributed by atoms with E-state index in [-0.39, 0.29) is 5.75 Å². The molecule has 0 radical (unpaired) electrons. The van der Waals surface area contributed by atoms with Gasteiger partial charge in [-0.2, -0.15) is 5.10 Å². The van der Waals surface area contributed by atoms with Gasteiger partial charge in [-0.3, -0.25) is 0 Å². The van der Waals surface area contributed by atoms with Crippen molar-refractivity contribution in [1.29, 1.82) is 0 Å². The van der Waals surface area contributed by atoms with Crippen LogP contribution < -0.4 is 5.43 Å². The van der Waals surface area contributed by atoms with Crippen LogP contribution in [-0.4, -0.2) is 18.4 Å². The summed E-state index contributed by atoms with van der Waals surface area (Å²) in [5, 5.41) is 15.7. The Bertz CT molecular complexity index is 552. The van der Waals surface area contributed by atoms with Crippen LogP contribution in [0.25, 0.3) is 10.8 Å². The van der Waals surface area contributed by atoms with Crippen LogP contribution in [0, 0.1) is 0 Å². The summed E-state index contributed by atoms with van der Waals surface area (Å²) in [5.74, 6) is 0.230. The van der Waals surface area contributed by atoms with Crippen molar-refractivity contribution >= 4 is 32.9 Å². The van der Waals surface area contributed by atoms with Crippen LogP contribution in [-0.2, 0) is 0 Å². The molecule has 2 aromatic rings. The van der Waals surface area contributed by atoms with E-state index in [4.69, 9.17) is 0 Å². The van der Waals surface area contributed by atoms with Crippen molar-refractivity contribution in [2.24, 2.45) is 5.10 Å². The Morgan fingerprint density at radius 2 is 2.12 bits per heavy atom. The smallest absolute Gasteiger partial charge is 0.125 e. The maximum absolute atomic E-state index is 9.77. The van der Waals surface area contributed by atoms with Gasteiger partial charge in [-0.1, -0.05) is 28.1 Å². The quantitative estimate of drug-likeness (QED) is 0.656. The van der Waals surface area contributed by atoms with Gasteiger partial charge in [-0.15, -0.1) is 0 Å². The zero-order chi connectivity index (χ0) is 11.5. The van der Waals surface area contributed by atoms with Crippen LogP contribution in [0.15, 0.2) is 39.9 Å². The predicted octanol–water partition coefficient (Wildman–Crippen LogP) is 2.86. The van der Waals surface area contributed by atoms with Crippen LogP contribution in [0.1, 0.15) is 5.56 Å². The molecule has 0 aliphatic carbocycles. The van der Waals surface area contributed by atoms with Gasteiger partial charge in [0.25, 0.3) is 0 Å². The Morgan fingerprint density at radius 1 is 1.31 bits per heavy atom. The average Bonchev–Trinajstić information content (AvgIpc) is 2.28. The molecule has 4 heteroatoms. The van der Waals surface area contributed by atoms with Crippen LogP contribution in [0.5, 0.6) is 5.75 Å². The van der Waals surface area contributed by atoms with E-state index < -0.39 is 0 Å². The molecule has 0 aliphatic rings. The minimum atomic E-state index is 0.230. The van der Waals surface area contributed by atoms with Gasteiger partial charge >= 0.3 is 0 Å². The van der Waals surface area contributed by atoms with Crippen molar-refractivity contribution in [2.75, 3.05) is 7.05 Å². The molecule has 0 unspecified atom stereocenters. The molecule has 0 atom stereocenters. The summed E-state index contributed by atoms with van der Waals surface area (Å²) in [7, 11) is 1.72. The third kappa shape index (κ3) is 2.02. The number of phenols is 1. The molecule has 0 spiro atoms. The minimum Gasteiger partial charge on any atom is -0.507 e. The second-order valence-electron chi connectivity index (χ2n) is 3.35. The van der Waals surface area contributed by atoms with E-state index in [1.54, 1.807) is 19.3 Å². The topological polar surface area (TPSA) is 44.6 Å². The Balaban J connectivity index is 2.69. The van der Waals surface area contributed by atoms with Gasteiger partial charge in [0.05, 0.1) is 6.21 Å². The van der Waals surface area contributed by atoms with Crippen LogP contribution in [0.4, 0.5) is 0 Å². The first-order chi connectivity index (χ1) is 7.72. The normalized spacial score (nSPS) is 11.1. The molecular weight excluding hydrogens is 268 g/mol. The first-order valence-corrected chi connectivity index (χ1v) is 5.62. The van der Waals surface area contributed by atoms with Crippen LogP contribution >= 0.6 is 15.9 Å². The van der Waals surface area contributed by atoms with Gasteiger partial charge in [-0.05, 0) is 29.0 Å². The van der Waals surface area contributed by atoms with E-state index in [2.05, 4.69) is 26.5 Å². The number of hydrogen-bond acceptors (Lipinski definition) is 3. The van der Waals surface area contributed by atoms with E-state index in [0.29, 0.717) is 0 Å². The minimum absolute atomic E-state index is 0.230. The molecule has 2 aromatic carbocycles. The number of rotatable bonds is 2. The fourth-order valence-electron chi connectivity index (χ4n) is 1.58. The second-order valence-corrected chi connectivity index (χ2v) is 4.26. The lowest BCUT2D eigenvalue weighted by atomic mass is 10.0. The molecule has 0 saturated heterocycles. The number of nitrogens with zero attached hydrogens (tertiary/aromatic N) is 1. The SMILES string of the molecule is CN/N=C/c1c(O)ccc2cc(Br)ccc12. The lowest BCUT2D eigenvalue weighted by Crippen LogP contribution is -1.95. The number of halogens is 1. The summed E-state index contributed by atoms with van der Waals surface area (Å²) in [6, 6.07) is 9.46. The fraction of sp³-hybridized carbons (Fsp3) is 0.0833. The number of benzene rings is 2. The Labute approximate surface area is 102 Å². The number of hydrazone groups is 1. The lowest BCUT2D eigenvalue weighted by molar-refractivity contribution is 0.475. The highest BCUT2D eigenvalue weighted by atomic mass is 79.9. The molecule has 2 rings (SSSR count). The van der Waals surface area contributed by atoms with Gasteiger partial charge in [0.1, 0.15) is 5.75 Å². The highest BCUT2D eigenvalue weighted by Gasteiger charge is 2.04. The number of nitrogens with one attached hydrogen (secondary N) is 1. The molecule has 0 aliphatic heterocycles. The molecule has 3 nitrogen and oxygen atoms in total. The Hall–Kier alpha value is -1.55. The van der Waals surface area contributed by atoms with Gasteiger partial charge in [-0.25, -0.2) is 0 Å². The van der Waals surface area contributed by atoms with Crippen LogP contribution in [0.2, 0.25) is 0 Å². The Morgan fingerprint density at radius 3 is 2.88 bits per heavy atom. The molecule has 0 bridgehead atoms. The van der Waals surface area contributed by atoms with Gasteiger partial charge < -0.3 is 10.5 Å². The maximum atomic E-state index is 9.77. The number of hydrogen-bond donors (Lipinski definition) is 2. The highest BCUT2D eigenvalue weighted by molar-refractivity contribution is 9.10. The summed E-state index contributed by atoms with van der Waals surface area (Å²) < 4.78 is 1.02. The molecule has 0 amide bonds. The predicted molar refractivity (Wildman–Crippen MR) is 70.0 cm³/mol. The molecular formula is C12H11BrN2O. The van der Waals surface area contributed by atoms with E-state index in [1.165, 1.54) is 0 Å². The van der Waals surface area contributed by atoms with Crippen molar-refractivity contribution in [3.63, 3.8) is 0 Å². The summed E-state index contributed by atoms with van der Waals surface area (Å²) in [4.78, 5) is 0. The maximum Gasteiger partial charge on any atom is 0.125 e. The summed E-state index contributed by atoms with van der Waals surface area (Å²) in [5.41, 5.74) is 3.39. The first-order valence-electron chi connectivity index (χ1n) is 4.83. The van der Waals surface area contributed by atoms with E-state index in [9.17, 15) is 5.11 Å². The van der Waals surface area contributed by atoms with Gasteiger partial charge in [0.15, 0.2) is 0 Å². The fourth-order valence-corrected chi connectivity index (χ4v) is 1.96. The van der Waals surface area contributed by atoms with Crippen LogP contribution in [0.3, 0.4) is 0 Å². The van der Waals surface area contributed by atoms with Crippen molar-refractivity contribution in [2.45, 2.75) is 0 Å². The summed E-state index contributed by atoms with van der Waals surface area (Å²) >= 11 is 3.42. The molecule has 0 fully saturated rings. The van der Waals surface area contributed by atoms with Crippen molar-refractivity contribution in [3.05, 3.63) is 40.4 Å². The third-order valence-electron chi connectivity index (χ3n) is 2.32. The third-order valence-corrected chi connectivity index (χ3v) is 2.82. The lowest BCUT2D eigenvalue weighted by Gasteiger charge is -2.05. The monoisotopic (exact) mass is 278 g/mol. The second kappa shape index (κ2) is 4.53. The van der Waals surface area contributed by atoms with Crippen molar-refractivity contribution in [3.8, 4) is 5.75 Å².